The second kappa shape index (κ2) is 10.4. The Morgan fingerprint density at radius 2 is 1.94 bits per heavy atom. The molecule has 34 heavy (non-hydrogen) atoms. The van der Waals surface area contributed by atoms with Crippen molar-refractivity contribution in [3.05, 3.63) is 95.8 Å². The van der Waals surface area contributed by atoms with Crippen LogP contribution in [0.15, 0.2) is 73.2 Å². The van der Waals surface area contributed by atoms with Crippen molar-refractivity contribution in [2.24, 2.45) is 0 Å². The van der Waals surface area contributed by atoms with Gasteiger partial charge >= 0.3 is 0 Å². The Hall–Kier alpha value is -4.47. The summed E-state index contributed by atoms with van der Waals surface area (Å²) in [5, 5.41) is 14.6. The molecule has 2 aromatic carbocycles. The van der Waals surface area contributed by atoms with Gasteiger partial charge in [-0.25, -0.2) is 9.07 Å². The average molecular weight is 462 g/mol. The van der Waals surface area contributed by atoms with Gasteiger partial charge in [-0.05, 0) is 42.0 Å². The number of hydrogen-bond acceptors (Lipinski definition) is 7. The van der Waals surface area contributed by atoms with Crippen LogP contribution < -0.4 is 20.1 Å². The highest BCUT2D eigenvalue weighted by atomic mass is 19.1. The lowest BCUT2D eigenvalue weighted by Gasteiger charge is -2.21. The SMILES string of the molecule is COc1ccc(OC)c(NC(NC(=O)c2cccnc2)c2cn(Cc3ccc(F)cc3)nn2)c1. The molecule has 0 radical (unpaired) electrons. The van der Waals surface area contributed by atoms with E-state index in [4.69, 9.17) is 9.47 Å². The molecule has 1 amide bonds. The number of methoxy groups -OCH3 is 2. The van der Waals surface area contributed by atoms with E-state index in [1.54, 1.807) is 73.8 Å². The van der Waals surface area contributed by atoms with Gasteiger partial charge in [0, 0.05) is 18.5 Å². The number of nitrogens with zero attached hydrogens (tertiary/aromatic N) is 4. The second-order valence-corrected chi connectivity index (χ2v) is 7.33. The highest BCUT2D eigenvalue weighted by Crippen LogP contribution is 2.31. The normalized spacial score (nSPS) is 11.5. The van der Waals surface area contributed by atoms with E-state index in [2.05, 4.69) is 25.9 Å². The fraction of sp³-hybridized carbons (Fsp3) is 0.167. The Kier molecular flexibility index (Phi) is 6.97. The zero-order valence-electron chi connectivity index (χ0n) is 18.6. The number of benzene rings is 2. The summed E-state index contributed by atoms with van der Waals surface area (Å²) in [7, 11) is 3.11. The molecule has 0 aliphatic carbocycles. The summed E-state index contributed by atoms with van der Waals surface area (Å²) in [4.78, 5) is 16.9. The number of anilines is 1. The van der Waals surface area contributed by atoms with Gasteiger partial charge in [0.2, 0.25) is 0 Å². The van der Waals surface area contributed by atoms with E-state index < -0.39 is 6.17 Å². The maximum absolute atomic E-state index is 13.2. The summed E-state index contributed by atoms with van der Waals surface area (Å²) in [5.41, 5.74) is 2.30. The smallest absolute Gasteiger partial charge is 0.254 e. The van der Waals surface area contributed by atoms with Crippen LogP contribution in [0.1, 0.15) is 27.8 Å². The maximum atomic E-state index is 13.2. The van der Waals surface area contributed by atoms with Crippen molar-refractivity contribution in [2.75, 3.05) is 19.5 Å². The number of pyridine rings is 1. The summed E-state index contributed by atoms with van der Waals surface area (Å²) in [6, 6.07) is 14.8. The van der Waals surface area contributed by atoms with Crippen LogP contribution >= 0.6 is 0 Å². The number of hydrogen-bond donors (Lipinski definition) is 2. The molecule has 1 atom stereocenters. The summed E-state index contributed by atoms with van der Waals surface area (Å²) < 4.78 is 25.6. The molecule has 9 nitrogen and oxygen atoms in total. The Morgan fingerprint density at radius 1 is 1.12 bits per heavy atom. The van der Waals surface area contributed by atoms with E-state index in [1.165, 1.54) is 18.3 Å². The first kappa shape index (κ1) is 22.7. The molecular formula is C24H23FN6O3. The lowest BCUT2D eigenvalue weighted by atomic mass is 10.2. The Bertz CT molecular complexity index is 1250. The molecule has 2 N–H and O–H groups in total. The third-order valence-electron chi connectivity index (χ3n) is 5.02. The molecule has 0 aliphatic heterocycles. The van der Waals surface area contributed by atoms with Gasteiger partial charge in [-0.3, -0.25) is 9.78 Å². The number of nitrogens with one attached hydrogen (secondary N) is 2. The van der Waals surface area contributed by atoms with Crippen molar-refractivity contribution in [3.8, 4) is 11.5 Å². The van der Waals surface area contributed by atoms with Crippen LogP contribution in [0.3, 0.4) is 0 Å². The van der Waals surface area contributed by atoms with Crippen LogP contribution in [0, 0.1) is 5.82 Å². The number of halogens is 1. The quantitative estimate of drug-likeness (QED) is 0.368. The fourth-order valence-electron chi connectivity index (χ4n) is 3.28. The third-order valence-corrected chi connectivity index (χ3v) is 5.02. The molecule has 0 saturated heterocycles. The topological polar surface area (TPSA) is 103 Å². The number of ether oxygens (including phenoxy) is 2. The fourth-order valence-corrected chi connectivity index (χ4v) is 3.28. The van der Waals surface area contributed by atoms with Gasteiger partial charge in [-0.15, -0.1) is 5.10 Å². The van der Waals surface area contributed by atoms with Gasteiger partial charge < -0.3 is 20.1 Å². The first-order valence-corrected chi connectivity index (χ1v) is 10.4. The minimum absolute atomic E-state index is 0.308. The number of amides is 1. The maximum Gasteiger partial charge on any atom is 0.254 e. The first-order valence-electron chi connectivity index (χ1n) is 10.4. The Labute approximate surface area is 195 Å². The molecule has 1 unspecified atom stereocenters. The monoisotopic (exact) mass is 462 g/mol. The van der Waals surface area contributed by atoms with Crippen molar-refractivity contribution in [3.63, 3.8) is 0 Å². The third kappa shape index (κ3) is 5.47. The standard InChI is InChI=1S/C24H23FN6O3/c1-33-19-9-10-22(34-2)20(12-19)27-23(28-24(32)17-4-3-11-26-13-17)21-15-31(30-29-21)14-16-5-7-18(25)8-6-16/h3-13,15,23,27H,14H2,1-2H3,(H,28,32). The average Bonchev–Trinajstić information content (AvgIpc) is 3.34. The number of carbonyl (C=O) groups is 1. The highest BCUT2D eigenvalue weighted by molar-refractivity contribution is 5.94. The van der Waals surface area contributed by atoms with Crippen LogP contribution in [-0.4, -0.2) is 40.1 Å². The van der Waals surface area contributed by atoms with Crippen LogP contribution in [0.5, 0.6) is 11.5 Å². The van der Waals surface area contributed by atoms with Gasteiger partial charge in [0.05, 0.1) is 38.2 Å². The Balaban J connectivity index is 1.62. The summed E-state index contributed by atoms with van der Waals surface area (Å²) in [6.07, 6.45) is 4.02. The molecule has 0 aliphatic rings. The highest BCUT2D eigenvalue weighted by Gasteiger charge is 2.21. The van der Waals surface area contributed by atoms with E-state index in [0.29, 0.717) is 35.0 Å². The largest absolute Gasteiger partial charge is 0.497 e. The molecule has 2 heterocycles. The molecule has 0 saturated carbocycles. The zero-order valence-corrected chi connectivity index (χ0v) is 18.6. The van der Waals surface area contributed by atoms with E-state index in [9.17, 15) is 9.18 Å². The molecule has 174 valence electrons. The van der Waals surface area contributed by atoms with Gasteiger partial charge in [0.15, 0.2) is 0 Å². The molecule has 0 fully saturated rings. The van der Waals surface area contributed by atoms with E-state index in [0.717, 1.165) is 5.56 Å². The summed E-state index contributed by atoms with van der Waals surface area (Å²) in [5.74, 6) is 0.513. The molecule has 0 spiro atoms. The summed E-state index contributed by atoms with van der Waals surface area (Å²) in [6.45, 7) is 0.388. The van der Waals surface area contributed by atoms with Gasteiger partial charge in [0.25, 0.3) is 5.91 Å². The molecule has 4 aromatic rings. The predicted octanol–water partition coefficient (Wildman–Crippen LogP) is 3.42. The number of aromatic nitrogens is 4. The van der Waals surface area contributed by atoms with Crippen LogP contribution in [0.25, 0.3) is 0 Å². The molecular weight excluding hydrogens is 439 g/mol. The zero-order chi connectivity index (χ0) is 23.9. The number of rotatable bonds is 9. The lowest BCUT2D eigenvalue weighted by molar-refractivity contribution is 0.0940. The van der Waals surface area contributed by atoms with Crippen molar-refractivity contribution in [1.29, 1.82) is 0 Å². The molecule has 0 bridgehead atoms. The van der Waals surface area contributed by atoms with Crippen molar-refractivity contribution in [2.45, 2.75) is 12.7 Å². The van der Waals surface area contributed by atoms with E-state index in [1.807, 2.05) is 0 Å². The second-order valence-electron chi connectivity index (χ2n) is 7.33. The first-order chi connectivity index (χ1) is 16.6. The molecule has 10 heteroatoms. The number of carbonyl (C=O) groups excluding carboxylic acids is 1. The van der Waals surface area contributed by atoms with Gasteiger partial charge in [-0.1, -0.05) is 17.3 Å². The minimum Gasteiger partial charge on any atom is -0.497 e. The van der Waals surface area contributed by atoms with E-state index in [-0.39, 0.29) is 11.7 Å². The molecule has 4 rings (SSSR count). The van der Waals surface area contributed by atoms with Crippen molar-refractivity contribution in [1.82, 2.24) is 25.3 Å². The predicted molar refractivity (Wildman–Crippen MR) is 123 cm³/mol. The van der Waals surface area contributed by atoms with Crippen LogP contribution in [0.4, 0.5) is 10.1 Å². The van der Waals surface area contributed by atoms with Crippen LogP contribution in [0.2, 0.25) is 0 Å². The minimum atomic E-state index is -0.754. The van der Waals surface area contributed by atoms with Gasteiger partial charge in [0.1, 0.15) is 29.2 Å². The van der Waals surface area contributed by atoms with Gasteiger partial charge in [-0.2, -0.15) is 0 Å². The van der Waals surface area contributed by atoms with Crippen molar-refractivity contribution >= 4 is 11.6 Å². The Morgan fingerprint density at radius 3 is 2.65 bits per heavy atom. The van der Waals surface area contributed by atoms with E-state index >= 15 is 0 Å². The van der Waals surface area contributed by atoms with Crippen LogP contribution in [-0.2, 0) is 6.54 Å². The summed E-state index contributed by atoms with van der Waals surface area (Å²) >= 11 is 0. The molecule has 2 aromatic heterocycles. The van der Waals surface area contributed by atoms with Crippen molar-refractivity contribution < 1.29 is 18.7 Å². The lowest BCUT2D eigenvalue weighted by Crippen LogP contribution is -2.34.